The van der Waals surface area contributed by atoms with Crippen LogP contribution in [0.5, 0.6) is 0 Å². The van der Waals surface area contributed by atoms with Gasteiger partial charge in [-0.25, -0.2) is 9.97 Å². The highest BCUT2D eigenvalue weighted by Crippen LogP contribution is 2.27. The number of carbonyl (C=O) groups is 1. The number of hydrazine groups is 1. The van der Waals surface area contributed by atoms with Gasteiger partial charge in [0, 0.05) is 0 Å². The van der Waals surface area contributed by atoms with E-state index in [-0.39, 0.29) is 23.3 Å². The Bertz CT molecular complexity index is 665. The van der Waals surface area contributed by atoms with Crippen LogP contribution in [0.3, 0.4) is 0 Å². The van der Waals surface area contributed by atoms with Crippen LogP contribution < -0.4 is 10.9 Å². The van der Waals surface area contributed by atoms with Crippen LogP contribution in [0, 0.1) is 10.1 Å². The fourth-order valence-electron chi connectivity index (χ4n) is 1.56. The molecule has 1 heterocycles. The van der Waals surface area contributed by atoms with Crippen molar-refractivity contribution in [3.8, 4) is 0 Å². The molecule has 0 fully saturated rings. The van der Waals surface area contributed by atoms with Crippen LogP contribution in [0.15, 0.2) is 36.7 Å². The van der Waals surface area contributed by atoms with Gasteiger partial charge in [-0.05, 0) is 5.56 Å². The quantitative estimate of drug-likeness (QED) is 0.494. The number of aromatic nitrogens is 2. The summed E-state index contributed by atoms with van der Waals surface area (Å²) < 4.78 is 0. The van der Waals surface area contributed by atoms with Crippen molar-refractivity contribution in [2.75, 3.05) is 5.43 Å². The van der Waals surface area contributed by atoms with Crippen molar-refractivity contribution in [2.24, 2.45) is 0 Å². The van der Waals surface area contributed by atoms with Gasteiger partial charge in [-0.15, -0.1) is 0 Å². The molecule has 0 bridgehead atoms. The van der Waals surface area contributed by atoms with E-state index in [1.165, 1.54) is 0 Å². The molecular formula is C12H10ClN5O3. The maximum Gasteiger partial charge on any atom is 0.350 e. The van der Waals surface area contributed by atoms with Gasteiger partial charge in [-0.3, -0.25) is 25.8 Å². The molecule has 21 heavy (non-hydrogen) atoms. The van der Waals surface area contributed by atoms with Gasteiger partial charge in [-0.2, -0.15) is 0 Å². The summed E-state index contributed by atoms with van der Waals surface area (Å²) in [5.74, 6) is -0.549. The minimum absolute atomic E-state index is 0.125. The van der Waals surface area contributed by atoms with Gasteiger partial charge in [0.15, 0.2) is 0 Å². The third-order valence-corrected chi connectivity index (χ3v) is 2.76. The third-order valence-electron chi connectivity index (χ3n) is 2.49. The number of carbonyl (C=O) groups excluding carboxylic acids is 1. The number of anilines is 1. The summed E-state index contributed by atoms with van der Waals surface area (Å²) in [6, 6.07) is 9.05. The van der Waals surface area contributed by atoms with Gasteiger partial charge in [0.1, 0.15) is 6.33 Å². The molecule has 1 aromatic carbocycles. The fraction of sp³-hybridized carbons (Fsp3) is 0.0833. The second-order valence-corrected chi connectivity index (χ2v) is 4.31. The van der Waals surface area contributed by atoms with Crippen LogP contribution >= 0.6 is 11.6 Å². The highest BCUT2D eigenvalue weighted by atomic mass is 35.5. The second-order valence-electron chi connectivity index (χ2n) is 3.95. The summed E-state index contributed by atoms with van der Waals surface area (Å²) in [5, 5.41) is 10.6. The zero-order chi connectivity index (χ0) is 15.2. The number of hydrogen-bond acceptors (Lipinski definition) is 6. The molecule has 2 N–H and O–H groups in total. The van der Waals surface area contributed by atoms with Crippen LogP contribution in [0.25, 0.3) is 0 Å². The van der Waals surface area contributed by atoms with Crippen molar-refractivity contribution < 1.29 is 9.72 Å². The van der Waals surface area contributed by atoms with Crippen molar-refractivity contribution in [2.45, 2.75) is 6.42 Å². The Morgan fingerprint density at radius 2 is 2.00 bits per heavy atom. The predicted octanol–water partition coefficient (Wildman–Crippen LogP) is 1.72. The first kappa shape index (κ1) is 14.7. The minimum atomic E-state index is -0.728. The summed E-state index contributed by atoms with van der Waals surface area (Å²) in [6.45, 7) is 0. The monoisotopic (exact) mass is 307 g/mol. The first-order valence-electron chi connectivity index (χ1n) is 5.81. The maximum absolute atomic E-state index is 11.7. The Hall–Kier alpha value is -2.74. The molecular weight excluding hydrogens is 298 g/mol. The topological polar surface area (TPSA) is 110 Å². The van der Waals surface area contributed by atoms with E-state index in [2.05, 4.69) is 20.8 Å². The van der Waals surface area contributed by atoms with Gasteiger partial charge in [0.05, 0.1) is 11.3 Å². The molecule has 2 rings (SSSR count). The molecule has 0 aliphatic heterocycles. The SMILES string of the molecule is O=C(Cc1ccccc1)NNc1ncnc(Cl)c1[N+](=O)[O-]. The van der Waals surface area contributed by atoms with Gasteiger partial charge >= 0.3 is 5.69 Å². The molecule has 0 aliphatic rings. The normalized spacial score (nSPS) is 9.95. The van der Waals surface area contributed by atoms with E-state index >= 15 is 0 Å². The summed E-state index contributed by atoms with van der Waals surface area (Å²) in [7, 11) is 0. The average Bonchev–Trinajstić information content (AvgIpc) is 2.45. The van der Waals surface area contributed by atoms with E-state index in [1.807, 2.05) is 18.2 Å². The number of amides is 1. The van der Waals surface area contributed by atoms with E-state index in [1.54, 1.807) is 12.1 Å². The number of benzene rings is 1. The van der Waals surface area contributed by atoms with Crippen molar-refractivity contribution >= 4 is 29.0 Å². The third kappa shape index (κ3) is 3.86. The van der Waals surface area contributed by atoms with Crippen LogP contribution in [-0.2, 0) is 11.2 Å². The van der Waals surface area contributed by atoms with Crippen molar-refractivity contribution in [1.29, 1.82) is 0 Å². The summed E-state index contributed by atoms with van der Waals surface area (Å²) in [5.41, 5.74) is 5.02. The molecule has 0 atom stereocenters. The average molecular weight is 308 g/mol. The largest absolute Gasteiger partial charge is 0.350 e. The van der Waals surface area contributed by atoms with Crippen molar-refractivity contribution in [1.82, 2.24) is 15.4 Å². The molecule has 1 amide bonds. The Labute approximate surface area is 124 Å². The Morgan fingerprint density at radius 1 is 1.29 bits per heavy atom. The Balaban J connectivity index is 2.02. The molecule has 0 saturated heterocycles. The van der Waals surface area contributed by atoms with Crippen LogP contribution in [-0.4, -0.2) is 20.8 Å². The second kappa shape index (κ2) is 6.62. The lowest BCUT2D eigenvalue weighted by molar-refractivity contribution is -0.384. The van der Waals surface area contributed by atoms with Crippen LogP contribution in [0.4, 0.5) is 11.5 Å². The van der Waals surface area contributed by atoms with Crippen molar-refractivity contribution in [3.63, 3.8) is 0 Å². The van der Waals surface area contributed by atoms with Gasteiger partial charge in [0.2, 0.25) is 16.9 Å². The van der Waals surface area contributed by atoms with E-state index in [9.17, 15) is 14.9 Å². The molecule has 108 valence electrons. The fourth-order valence-corrected chi connectivity index (χ4v) is 1.77. The highest BCUT2D eigenvalue weighted by Gasteiger charge is 2.21. The molecule has 2 aromatic rings. The highest BCUT2D eigenvalue weighted by molar-refractivity contribution is 6.31. The molecule has 8 nitrogen and oxygen atoms in total. The van der Waals surface area contributed by atoms with E-state index in [4.69, 9.17) is 11.6 Å². The molecule has 0 saturated carbocycles. The number of hydrogen-bond donors (Lipinski definition) is 2. The number of nitrogens with zero attached hydrogens (tertiary/aromatic N) is 3. The number of nitro groups is 1. The molecule has 0 spiro atoms. The number of nitrogens with one attached hydrogen (secondary N) is 2. The van der Waals surface area contributed by atoms with Crippen LogP contribution in [0.1, 0.15) is 5.56 Å². The first-order chi connectivity index (χ1) is 10.1. The standard InChI is InChI=1S/C12H10ClN5O3/c13-11-10(18(20)21)12(15-7-14-11)17-16-9(19)6-8-4-2-1-3-5-8/h1-5,7H,6H2,(H,16,19)(H,14,15,17). The number of halogens is 1. The van der Waals surface area contributed by atoms with E-state index in [0.29, 0.717) is 0 Å². The predicted molar refractivity (Wildman–Crippen MR) is 75.6 cm³/mol. The van der Waals surface area contributed by atoms with Gasteiger partial charge < -0.3 is 0 Å². The first-order valence-corrected chi connectivity index (χ1v) is 6.19. The lowest BCUT2D eigenvalue weighted by atomic mass is 10.1. The number of rotatable bonds is 5. The lowest BCUT2D eigenvalue weighted by Gasteiger charge is -2.08. The Morgan fingerprint density at radius 3 is 2.67 bits per heavy atom. The molecule has 1 aromatic heterocycles. The Kier molecular flexibility index (Phi) is 4.62. The van der Waals surface area contributed by atoms with E-state index < -0.39 is 10.6 Å². The molecule has 0 unspecified atom stereocenters. The van der Waals surface area contributed by atoms with Crippen molar-refractivity contribution in [3.05, 3.63) is 57.5 Å². The summed E-state index contributed by atoms with van der Waals surface area (Å²) in [6.07, 6.45) is 1.18. The molecule has 9 heteroatoms. The summed E-state index contributed by atoms with van der Waals surface area (Å²) in [4.78, 5) is 29.1. The summed E-state index contributed by atoms with van der Waals surface area (Å²) >= 11 is 5.62. The maximum atomic E-state index is 11.7. The lowest BCUT2D eigenvalue weighted by Crippen LogP contribution is -2.31. The van der Waals surface area contributed by atoms with Gasteiger partial charge in [-0.1, -0.05) is 41.9 Å². The zero-order valence-electron chi connectivity index (χ0n) is 10.6. The molecule has 0 aliphatic carbocycles. The minimum Gasteiger partial charge on any atom is -0.276 e. The van der Waals surface area contributed by atoms with Crippen LogP contribution in [0.2, 0.25) is 5.15 Å². The smallest absolute Gasteiger partial charge is 0.276 e. The molecule has 0 radical (unpaired) electrons. The zero-order valence-corrected chi connectivity index (χ0v) is 11.4. The van der Waals surface area contributed by atoms with E-state index in [0.717, 1.165) is 11.9 Å². The van der Waals surface area contributed by atoms with Gasteiger partial charge in [0.25, 0.3) is 0 Å².